The second kappa shape index (κ2) is 6.22. The maximum absolute atomic E-state index is 10.6. The van der Waals surface area contributed by atoms with E-state index in [9.17, 15) is 10.1 Å². The van der Waals surface area contributed by atoms with Gasteiger partial charge in [-0.05, 0) is 23.6 Å². The highest BCUT2D eigenvalue weighted by atomic mass is 79.9. The number of nitrogens with zero attached hydrogens (tertiary/aromatic N) is 1. The molecule has 3 nitrogen and oxygen atoms in total. The molecule has 0 fully saturated rings. The molecule has 7 heteroatoms. The lowest BCUT2D eigenvalue weighted by Crippen LogP contribution is -1.95. The van der Waals surface area contributed by atoms with Crippen LogP contribution in [0.4, 0.5) is 5.69 Å². The Bertz CT molecular complexity index is 600. The second-order valence-corrected chi connectivity index (χ2v) is 7.27. The largest absolute Gasteiger partial charge is 0.269 e. The van der Waals surface area contributed by atoms with Crippen molar-refractivity contribution in [1.82, 2.24) is 0 Å². The fourth-order valence-electron chi connectivity index (χ4n) is 1.64. The van der Waals surface area contributed by atoms with Crippen molar-refractivity contribution in [2.24, 2.45) is 0 Å². The van der Waals surface area contributed by atoms with Gasteiger partial charge < -0.3 is 0 Å². The lowest BCUT2D eigenvalue weighted by molar-refractivity contribution is -0.384. The van der Waals surface area contributed by atoms with E-state index in [1.807, 2.05) is 6.07 Å². The molecule has 1 atom stereocenters. The molecule has 0 bridgehead atoms. The van der Waals surface area contributed by atoms with Crippen LogP contribution in [0.15, 0.2) is 30.3 Å². The van der Waals surface area contributed by atoms with Gasteiger partial charge in [0.1, 0.15) is 0 Å². The Labute approximate surface area is 132 Å². The highest BCUT2D eigenvalue weighted by Crippen LogP contribution is 2.39. The molecule has 0 N–H and O–H groups in total. The first-order chi connectivity index (χ1) is 8.97. The third-order valence-corrected chi connectivity index (χ3v) is 4.92. The molecule has 0 radical (unpaired) electrons. The second-order valence-electron chi connectivity index (χ2n) is 3.87. The van der Waals surface area contributed by atoms with Crippen LogP contribution >= 0.6 is 50.5 Å². The fourth-order valence-corrected chi connectivity index (χ4v) is 4.23. The van der Waals surface area contributed by atoms with Crippen LogP contribution in [0.1, 0.15) is 16.0 Å². The Morgan fingerprint density at radius 3 is 2.42 bits per heavy atom. The number of alkyl halides is 1. The van der Waals surface area contributed by atoms with Crippen molar-refractivity contribution in [3.05, 3.63) is 60.2 Å². The topological polar surface area (TPSA) is 43.1 Å². The molecule has 1 aromatic carbocycles. The van der Waals surface area contributed by atoms with Gasteiger partial charge in [-0.25, -0.2) is 0 Å². The van der Waals surface area contributed by atoms with E-state index < -0.39 is 4.92 Å². The molecule has 19 heavy (non-hydrogen) atoms. The summed E-state index contributed by atoms with van der Waals surface area (Å²) in [6.45, 7) is 0. The van der Waals surface area contributed by atoms with Gasteiger partial charge in [0.25, 0.3) is 5.69 Å². The first-order valence-corrected chi connectivity index (χ1v) is 7.78. The standard InChI is InChI=1S/C12H8BrCl2NO2S/c13-10(9-6-11(14)19-12(9)15)5-7-1-3-8(4-2-7)16(17)18/h1-4,6,10H,5H2. The third kappa shape index (κ3) is 3.69. The predicted octanol–water partition coefficient (Wildman–Crippen LogP) is 5.64. The molecule has 0 saturated carbocycles. The van der Waals surface area contributed by atoms with Crippen LogP contribution < -0.4 is 0 Å². The van der Waals surface area contributed by atoms with Crippen LogP contribution in [0.2, 0.25) is 8.67 Å². The average Bonchev–Trinajstić information content (AvgIpc) is 2.69. The molecule has 0 aliphatic rings. The summed E-state index contributed by atoms with van der Waals surface area (Å²) in [4.78, 5) is 10.2. The Morgan fingerprint density at radius 2 is 1.95 bits per heavy atom. The van der Waals surface area contributed by atoms with E-state index in [0.717, 1.165) is 11.1 Å². The minimum absolute atomic E-state index is 0.0326. The molecule has 0 aliphatic heterocycles. The van der Waals surface area contributed by atoms with Gasteiger partial charge in [-0.3, -0.25) is 10.1 Å². The number of hydrogen-bond acceptors (Lipinski definition) is 3. The number of benzene rings is 1. The van der Waals surface area contributed by atoms with E-state index in [2.05, 4.69) is 15.9 Å². The van der Waals surface area contributed by atoms with Gasteiger partial charge in [0.2, 0.25) is 0 Å². The van der Waals surface area contributed by atoms with E-state index in [0.29, 0.717) is 15.1 Å². The van der Waals surface area contributed by atoms with Crippen molar-refractivity contribution in [1.29, 1.82) is 0 Å². The van der Waals surface area contributed by atoms with Crippen LogP contribution in [-0.2, 0) is 6.42 Å². The minimum atomic E-state index is -0.412. The van der Waals surface area contributed by atoms with Crippen LogP contribution in [0, 0.1) is 10.1 Å². The number of non-ortho nitro benzene ring substituents is 1. The molecule has 2 rings (SSSR count). The number of nitro benzene ring substituents is 1. The van der Waals surface area contributed by atoms with E-state index in [-0.39, 0.29) is 10.5 Å². The lowest BCUT2D eigenvalue weighted by Gasteiger charge is -2.08. The van der Waals surface area contributed by atoms with Crippen molar-refractivity contribution in [3.63, 3.8) is 0 Å². The summed E-state index contributed by atoms with van der Waals surface area (Å²) in [5.41, 5.74) is 2.02. The maximum Gasteiger partial charge on any atom is 0.269 e. The zero-order valence-corrected chi connectivity index (χ0v) is 13.4. The van der Waals surface area contributed by atoms with Gasteiger partial charge in [-0.15, -0.1) is 11.3 Å². The summed E-state index contributed by atoms with van der Waals surface area (Å²) in [7, 11) is 0. The van der Waals surface area contributed by atoms with E-state index >= 15 is 0 Å². The van der Waals surface area contributed by atoms with Gasteiger partial charge in [-0.1, -0.05) is 51.3 Å². The fraction of sp³-hybridized carbons (Fsp3) is 0.167. The summed E-state index contributed by atoms with van der Waals surface area (Å²) in [6, 6.07) is 8.32. The first kappa shape index (κ1) is 14.8. The Kier molecular flexibility index (Phi) is 4.84. The summed E-state index contributed by atoms with van der Waals surface area (Å²) >= 11 is 16.9. The molecule has 1 aromatic heterocycles. The highest BCUT2D eigenvalue weighted by Gasteiger charge is 2.16. The molecule has 0 amide bonds. The molecule has 0 spiro atoms. The van der Waals surface area contributed by atoms with Crippen molar-refractivity contribution >= 4 is 56.2 Å². The molecular formula is C12H8BrCl2NO2S. The number of halogens is 3. The zero-order valence-electron chi connectivity index (χ0n) is 9.48. The van der Waals surface area contributed by atoms with Crippen LogP contribution in [0.3, 0.4) is 0 Å². The third-order valence-electron chi connectivity index (χ3n) is 2.58. The van der Waals surface area contributed by atoms with Crippen molar-refractivity contribution in [2.75, 3.05) is 0 Å². The number of hydrogen-bond donors (Lipinski definition) is 0. The SMILES string of the molecule is O=[N+]([O-])c1ccc(CC(Br)c2cc(Cl)sc2Cl)cc1. The predicted molar refractivity (Wildman–Crippen MR) is 82.8 cm³/mol. The quantitative estimate of drug-likeness (QED) is 0.391. The van der Waals surface area contributed by atoms with Gasteiger partial charge in [0.05, 0.1) is 13.6 Å². The number of nitro groups is 1. The highest BCUT2D eigenvalue weighted by molar-refractivity contribution is 9.09. The van der Waals surface area contributed by atoms with E-state index in [4.69, 9.17) is 23.2 Å². The zero-order chi connectivity index (χ0) is 14.0. The van der Waals surface area contributed by atoms with Crippen LogP contribution in [-0.4, -0.2) is 4.92 Å². The summed E-state index contributed by atoms with van der Waals surface area (Å²) < 4.78 is 1.31. The maximum atomic E-state index is 10.6. The normalized spacial score (nSPS) is 12.4. The summed E-state index contributed by atoms with van der Waals surface area (Å²) in [6.07, 6.45) is 0.685. The minimum Gasteiger partial charge on any atom is -0.258 e. The average molecular weight is 381 g/mol. The molecule has 1 unspecified atom stereocenters. The van der Waals surface area contributed by atoms with Crippen molar-refractivity contribution in [3.8, 4) is 0 Å². The molecule has 100 valence electrons. The van der Waals surface area contributed by atoms with Crippen LogP contribution in [0.25, 0.3) is 0 Å². The molecule has 0 aliphatic carbocycles. The molecule has 1 heterocycles. The summed E-state index contributed by atoms with van der Waals surface area (Å²) in [5.74, 6) is 0. The Hall–Kier alpha value is -0.620. The molecular weight excluding hydrogens is 373 g/mol. The van der Waals surface area contributed by atoms with E-state index in [1.165, 1.54) is 23.5 Å². The van der Waals surface area contributed by atoms with Gasteiger partial charge in [-0.2, -0.15) is 0 Å². The van der Waals surface area contributed by atoms with Gasteiger partial charge in [0.15, 0.2) is 0 Å². The van der Waals surface area contributed by atoms with Gasteiger partial charge in [0, 0.05) is 17.0 Å². The smallest absolute Gasteiger partial charge is 0.258 e. The van der Waals surface area contributed by atoms with Crippen molar-refractivity contribution < 1.29 is 4.92 Å². The van der Waals surface area contributed by atoms with Crippen molar-refractivity contribution in [2.45, 2.75) is 11.2 Å². The first-order valence-electron chi connectivity index (χ1n) is 5.29. The lowest BCUT2D eigenvalue weighted by atomic mass is 10.1. The molecule has 0 saturated heterocycles. The monoisotopic (exact) mass is 379 g/mol. The van der Waals surface area contributed by atoms with Gasteiger partial charge >= 0.3 is 0 Å². The Balaban J connectivity index is 2.12. The van der Waals surface area contributed by atoms with E-state index in [1.54, 1.807) is 12.1 Å². The van der Waals surface area contributed by atoms with Crippen LogP contribution in [0.5, 0.6) is 0 Å². The number of thiophene rings is 1. The number of rotatable bonds is 4. The summed E-state index contributed by atoms with van der Waals surface area (Å²) in [5, 5.41) is 10.6. The Morgan fingerprint density at radius 1 is 1.32 bits per heavy atom. The molecule has 2 aromatic rings.